The van der Waals surface area contributed by atoms with Gasteiger partial charge in [0.15, 0.2) is 0 Å². The second-order valence-electron chi connectivity index (χ2n) is 5.68. The Kier molecular flexibility index (Phi) is 14.9. The van der Waals surface area contributed by atoms with E-state index in [2.05, 4.69) is 19.6 Å². The molecule has 0 aromatic heterocycles. The predicted octanol–water partition coefficient (Wildman–Crippen LogP) is 2.05. The van der Waals surface area contributed by atoms with Gasteiger partial charge >= 0.3 is 0 Å². The molecule has 0 aliphatic rings. The van der Waals surface area contributed by atoms with E-state index >= 15 is 0 Å². The quantitative estimate of drug-likeness (QED) is 0.447. The number of nitrogens with one attached hydrogen (secondary N) is 1. The maximum atomic E-state index is 4.02. The van der Waals surface area contributed by atoms with E-state index in [1.165, 1.54) is 83.8 Å². The van der Waals surface area contributed by atoms with Gasteiger partial charge in [0.2, 0.25) is 0 Å². The minimum atomic E-state index is 1.10. The Morgan fingerprint density at radius 1 is 0.611 bits per heavy atom. The van der Waals surface area contributed by atoms with Gasteiger partial charge in [0.25, 0.3) is 0 Å². The van der Waals surface area contributed by atoms with Gasteiger partial charge in [0, 0.05) is 0 Å². The lowest BCUT2D eigenvalue weighted by atomic mass is 10.1. The summed E-state index contributed by atoms with van der Waals surface area (Å²) in [5, 5.41) is 0. The molecule has 2 nitrogen and oxygen atoms in total. The van der Waals surface area contributed by atoms with Crippen molar-refractivity contribution in [3.8, 4) is 0 Å². The summed E-state index contributed by atoms with van der Waals surface area (Å²) in [5.41, 5.74) is 4.02. The van der Waals surface area contributed by atoms with Crippen LogP contribution in [-0.2, 0) is 0 Å². The first kappa shape index (κ1) is 17.9. The molecule has 0 saturated heterocycles. The third-order valence-corrected chi connectivity index (χ3v) is 3.80. The van der Waals surface area contributed by atoms with Crippen molar-refractivity contribution in [2.75, 3.05) is 26.2 Å². The maximum Gasteiger partial charge on any atom is 0.127 e. The fraction of sp³-hybridized carbons (Fsp3) is 1.00. The monoisotopic (exact) mass is 258 g/mol. The standard InChI is InChI=1S/C16H36N2/c1-3-5-7-9-11-14-18(16-13-17)15-12-10-8-6-4-2/h3-17H2,1-2H3/p+2. The van der Waals surface area contributed by atoms with E-state index in [0.717, 1.165) is 6.54 Å². The van der Waals surface area contributed by atoms with Gasteiger partial charge in [-0.25, -0.2) is 0 Å². The van der Waals surface area contributed by atoms with Crippen LogP contribution >= 0.6 is 0 Å². The molecule has 0 unspecified atom stereocenters. The van der Waals surface area contributed by atoms with Crippen LogP contribution in [0.1, 0.15) is 78.1 Å². The summed E-state index contributed by atoms with van der Waals surface area (Å²) in [6.07, 6.45) is 14.1. The summed E-state index contributed by atoms with van der Waals surface area (Å²) in [7, 11) is 0. The number of quaternary nitrogens is 2. The summed E-state index contributed by atoms with van der Waals surface area (Å²) in [4.78, 5) is 1.80. The van der Waals surface area contributed by atoms with Crippen molar-refractivity contribution < 1.29 is 10.6 Å². The van der Waals surface area contributed by atoms with Crippen molar-refractivity contribution in [3.05, 3.63) is 0 Å². The second kappa shape index (κ2) is 15.0. The molecule has 0 rings (SSSR count). The number of hydrogen-bond acceptors (Lipinski definition) is 0. The van der Waals surface area contributed by atoms with E-state index in [9.17, 15) is 0 Å². The zero-order valence-corrected chi connectivity index (χ0v) is 13.1. The van der Waals surface area contributed by atoms with Crippen molar-refractivity contribution in [2.45, 2.75) is 78.1 Å². The van der Waals surface area contributed by atoms with E-state index in [4.69, 9.17) is 0 Å². The molecule has 0 fully saturated rings. The molecule has 0 atom stereocenters. The summed E-state index contributed by atoms with van der Waals surface area (Å²) in [5.74, 6) is 0. The van der Waals surface area contributed by atoms with Crippen LogP contribution < -0.4 is 10.6 Å². The highest BCUT2D eigenvalue weighted by molar-refractivity contribution is 4.44. The molecule has 0 aromatic rings. The molecular weight excluding hydrogens is 220 g/mol. The van der Waals surface area contributed by atoms with E-state index < -0.39 is 0 Å². The molecule has 2 heteroatoms. The molecule has 4 N–H and O–H groups in total. The van der Waals surface area contributed by atoms with Crippen LogP contribution in [-0.4, -0.2) is 26.2 Å². The zero-order valence-electron chi connectivity index (χ0n) is 13.1. The van der Waals surface area contributed by atoms with Crippen molar-refractivity contribution in [1.29, 1.82) is 0 Å². The van der Waals surface area contributed by atoms with Gasteiger partial charge < -0.3 is 10.6 Å². The van der Waals surface area contributed by atoms with Crippen LogP contribution in [0.3, 0.4) is 0 Å². The van der Waals surface area contributed by atoms with Crippen LogP contribution in [0.25, 0.3) is 0 Å². The van der Waals surface area contributed by atoms with Crippen LogP contribution in [0.4, 0.5) is 0 Å². The van der Waals surface area contributed by atoms with E-state index in [0.29, 0.717) is 0 Å². The van der Waals surface area contributed by atoms with E-state index in [1.807, 2.05) is 0 Å². The van der Waals surface area contributed by atoms with E-state index in [1.54, 1.807) is 4.90 Å². The lowest BCUT2D eigenvalue weighted by Crippen LogP contribution is -3.13. The van der Waals surface area contributed by atoms with Crippen LogP contribution in [0.15, 0.2) is 0 Å². The topological polar surface area (TPSA) is 32.1 Å². The van der Waals surface area contributed by atoms with Gasteiger partial charge in [0.1, 0.15) is 13.1 Å². The lowest BCUT2D eigenvalue weighted by molar-refractivity contribution is -0.905. The molecule has 0 aliphatic carbocycles. The average molecular weight is 258 g/mol. The Labute approximate surface area is 115 Å². The summed E-state index contributed by atoms with van der Waals surface area (Å²) in [6, 6.07) is 0. The highest BCUT2D eigenvalue weighted by Crippen LogP contribution is 2.01. The largest absolute Gasteiger partial charge is 0.353 e. The summed E-state index contributed by atoms with van der Waals surface area (Å²) in [6.45, 7) is 9.72. The third kappa shape index (κ3) is 12.4. The highest BCUT2D eigenvalue weighted by atomic mass is 15.1. The molecule has 0 aromatic carbocycles. The molecule has 0 radical (unpaired) electrons. The molecule has 0 saturated carbocycles. The zero-order chi connectivity index (χ0) is 13.5. The second-order valence-corrected chi connectivity index (χ2v) is 5.68. The average Bonchev–Trinajstić information content (AvgIpc) is 2.38. The Bertz CT molecular complexity index is 134. The molecule has 110 valence electrons. The Balaban J connectivity index is 3.45. The maximum absolute atomic E-state index is 4.02. The van der Waals surface area contributed by atoms with Gasteiger partial charge in [-0.05, 0) is 25.7 Å². The van der Waals surface area contributed by atoms with Crippen LogP contribution in [0.2, 0.25) is 0 Å². The summed E-state index contributed by atoms with van der Waals surface area (Å²) >= 11 is 0. The van der Waals surface area contributed by atoms with E-state index in [-0.39, 0.29) is 0 Å². The van der Waals surface area contributed by atoms with Crippen molar-refractivity contribution in [1.82, 2.24) is 0 Å². The molecule has 0 amide bonds. The van der Waals surface area contributed by atoms with Crippen molar-refractivity contribution in [2.24, 2.45) is 0 Å². The Morgan fingerprint density at radius 2 is 1.06 bits per heavy atom. The molecule has 0 bridgehead atoms. The number of unbranched alkanes of at least 4 members (excludes halogenated alkanes) is 8. The smallest absolute Gasteiger partial charge is 0.127 e. The SMILES string of the molecule is CCCCCCC[NH+](CC[NH3+])CCCCCCC. The summed E-state index contributed by atoms with van der Waals surface area (Å²) < 4.78 is 0. The highest BCUT2D eigenvalue weighted by Gasteiger charge is 2.07. The fourth-order valence-electron chi connectivity index (χ4n) is 2.58. The minimum Gasteiger partial charge on any atom is -0.353 e. The van der Waals surface area contributed by atoms with Gasteiger partial charge in [-0.1, -0.05) is 52.4 Å². The first-order chi connectivity index (χ1) is 8.85. The Morgan fingerprint density at radius 3 is 1.44 bits per heavy atom. The van der Waals surface area contributed by atoms with Crippen molar-refractivity contribution >= 4 is 0 Å². The Hall–Kier alpha value is -0.0800. The van der Waals surface area contributed by atoms with Gasteiger partial charge in [-0.15, -0.1) is 0 Å². The normalized spacial score (nSPS) is 11.3. The number of rotatable bonds is 14. The first-order valence-corrected chi connectivity index (χ1v) is 8.47. The number of hydrogen-bond donors (Lipinski definition) is 2. The third-order valence-electron chi connectivity index (χ3n) is 3.80. The fourth-order valence-corrected chi connectivity index (χ4v) is 2.58. The van der Waals surface area contributed by atoms with Gasteiger partial charge in [-0.2, -0.15) is 0 Å². The molecular formula is C16H38N2+2. The first-order valence-electron chi connectivity index (χ1n) is 8.47. The molecule has 0 aliphatic heterocycles. The predicted molar refractivity (Wildman–Crippen MR) is 80.8 cm³/mol. The van der Waals surface area contributed by atoms with Gasteiger partial charge in [0.05, 0.1) is 13.1 Å². The molecule has 0 spiro atoms. The minimum absolute atomic E-state index is 1.10. The van der Waals surface area contributed by atoms with Gasteiger partial charge in [-0.3, -0.25) is 0 Å². The van der Waals surface area contributed by atoms with Crippen molar-refractivity contribution in [3.63, 3.8) is 0 Å². The lowest BCUT2D eigenvalue weighted by Gasteiger charge is -2.17. The molecule has 0 heterocycles. The van der Waals surface area contributed by atoms with Crippen LogP contribution in [0.5, 0.6) is 0 Å². The molecule has 18 heavy (non-hydrogen) atoms. The van der Waals surface area contributed by atoms with Crippen LogP contribution in [0, 0.1) is 0 Å².